The summed E-state index contributed by atoms with van der Waals surface area (Å²) in [7, 11) is 0. The van der Waals surface area contributed by atoms with Crippen molar-refractivity contribution in [2.75, 3.05) is 26.2 Å². The van der Waals surface area contributed by atoms with Gasteiger partial charge in [0.1, 0.15) is 0 Å². The molecule has 1 atom stereocenters. The molecule has 1 spiro atoms. The van der Waals surface area contributed by atoms with E-state index in [1.165, 1.54) is 6.08 Å². The fourth-order valence-corrected chi connectivity index (χ4v) is 3.71. The third-order valence-corrected chi connectivity index (χ3v) is 5.15. The summed E-state index contributed by atoms with van der Waals surface area (Å²) in [6.07, 6.45) is 6.71. The van der Waals surface area contributed by atoms with Gasteiger partial charge in [-0.2, -0.15) is 0 Å². The molecule has 1 aliphatic carbocycles. The van der Waals surface area contributed by atoms with Crippen molar-refractivity contribution in [2.45, 2.75) is 32.1 Å². The van der Waals surface area contributed by atoms with Gasteiger partial charge in [-0.05, 0) is 43.6 Å². The first-order valence-corrected chi connectivity index (χ1v) is 7.36. The van der Waals surface area contributed by atoms with Crippen LogP contribution in [0.2, 0.25) is 0 Å². The van der Waals surface area contributed by atoms with Crippen LogP contribution in [0.15, 0.2) is 12.7 Å². The molecule has 4 nitrogen and oxygen atoms in total. The molecule has 2 amide bonds. The normalized spacial score (nSPS) is 28.5. The Balaban J connectivity index is 1.56. The standard InChI is InChI=1S/C15H22N2O2/c1-2-13(18)16-9-5-15(6-10-16)11-12(15)14(19)17-7-3-4-8-17/h2,12H,1,3-11H2. The average molecular weight is 262 g/mol. The lowest BCUT2D eigenvalue weighted by Gasteiger charge is -2.32. The van der Waals surface area contributed by atoms with Gasteiger partial charge in [0, 0.05) is 32.1 Å². The molecule has 0 radical (unpaired) electrons. The number of carbonyl (C=O) groups excluding carboxylic acids is 2. The van der Waals surface area contributed by atoms with Gasteiger partial charge >= 0.3 is 0 Å². The van der Waals surface area contributed by atoms with Crippen LogP contribution in [0.4, 0.5) is 0 Å². The minimum Gasteiger partial charge on any atom is -0.342 e. The molecule has 0 aromatic heterocycles. The summed E-state index contributed by atoms with van der Waals surface area (Å²) < 4.78 is 0. The molecule has 0 N–H and O–H groups in total. The van der Waals surface area contributed by atoms with Crippen molar-refractivity contribution in [3.63, 3.8) is 0 Å². The van der Waals surface area contributed by atoms with Crippen LogP contribution in [-0.4, -0.2) is 47.8 Å². The van der Waals surface area contributed by atoms with Crippen molar-refractivity contribution in [1.82, 2.24) is 9.80 Å². The van der Waals surface area contributed by atoms with Crippen molar-refractivity contribution in [3.05, 3.63) is 12.7 Å². The molecule has 3 fully saturated rings. The van der Waals surface area contributed by atoms with Gasteiger partial charge in [0.05, 0.1) is 0 Å². The third-order valence-electron chi connectivity index (χ3n) is 5.15. The molecule has 104 valence electrons. The Bertz CT molecular complexity index is 404. The quantitative estimate of drug-likeness (QED) is 0.706. The Morgan fingerprint density at radius 3 is 2.26 bits per heavy atom. The van der Waals surface area contributed by atoms with Gasteiger partial charge in [0.25, 0.3) is 0 Å². The Morgan fingerprint density at radius 1 is 1.05 bits per heavy atom. The zero-order valence-corrected chi connectivity index (χ0v) is 11.4. The molecule has 0 aromatic carbocycles. The van der Waals surface area contributed by atoms with Gasteiger partial charge in [-0.1, -0.05) is 6.58 Å². The Hall–Kier alpha value is -1.32. The second-order valence-electron chi connectivity index (χ2n) is 6.18. The summed E-state index contributed by atoms with van der Waals surface area (Å²) in [6.45, 7) is 7.01. The van der Waals surface area contributed by atoms with Crippen molar-refractivity contribution in [2.24, 2.45) is 11.3 Å². The van der Waals surface area contributed by atoms with E-state index in [9.17, 15) is 9.59 Å². The number of amides is 2. The van der Waals surface area contributed by atoms with E-state index in [4.69, 9.17) is 0 Å². The fourth-order valence-electron chi connectivity index (χ4n) is 3.71. The molecule has 3 aliphatic rings. The van der Waals surface area contributed by atoms with Crippen molar-refractivity contribution in [1.29, 1.82) is 0 Å². The lowest BCUT2D eigenvalue weighted by atomic mass is 9.90. The van der Waals surface area contributed by atoms with Crippen LogP contribution in [-0.2, 0) is 9.59 Å². The van der Waals surface area contributed by atoms with E-state index in [0.717, 1.165) is 58.3 Å². The summed E-state index contributed by atoms with van der Waals surface area (Å²) in [4.78, 5) is 27.8. The maximum atomic E-state index is 12.4. The highest BCUT2D eigenvalue weighted by Crippen LogP contribution is 2.60. The predicted molar refractivity (Wildman–Crippen MR) is 72.4 cm³/mol. The molecular weight excluding hydrogens is 240 g/mol. The van der Waals surface area contributed by atoms with E-state index in [0.29, 0.717) is 5.91 Å². The molecule has 3 rings (SSSR count). The first-order chi connectivity index (χ1) is 9.16. The summed E-state index contributed by atoms with van der Waals surface area (Å²) >= 11 is 0. The molecule has 2 aliphatic heterocycles. The molecular formula is C15H22N2O2. The van der Waals surface area contributed by atoms with Crippen molar-refractivity contribution < 1.29 is 9.59 Å². The van der Waals surface area contributed by atoms with Crippen LogP contribution in [0, 0.1) is 11.3 Å². The molecule has 2 heterocycles. The maximum Gasteiger partial charge on any atom is 0.245 e. The van der Waals surface area contributed by atoms with Crippen LogP contribution in [0.3, 0.4) is 0 Å². The molecule has 0 bridgehead atoms. The number of hydrogen-bond donors (Lipinski definition) is 0. The van der Waals surface area contributed by atoms with Crippen LogP contribution in [0.25, 0.3) is 0 Å². The van der Waals surface area contributed by atoms with Gasteiger partial charge in [0.15, 0.2) is 0 Å². The van der Waals surface area contributed by atoms with Gasteiger partial charge < -0.3 is 9.80 Å². The maximum absolute atomic E-state index is 12.4. The highest BCUT2D eigenvalue weighted by molar-refractivity contribution is 5.87. The summed E-state index contributed by atoms with van der Waals surface area (Å²) in [5.41, 5.74) is 0.220. The average Bonchev–Trinajstić information content (AvgIpc) is 2.90. The van der Waals surface area contributed by atoms with Crippen LogP contribution in [0.1, 0.15) is 32.1 Å². The van der Waals surface area contributed by atoms with Gasteiger partial charge in [0.2, 0.25) is 11.8 Å². The Kier molecular flexibility index (Phi) is 3.11. The van der Waals surface area contributed by atoms with Gasteiger partial charge in [-0.15, -0.1) is 0 Å². The van der Waals surface area contributed by atoms with Crippen LogP contribution < -0.4 is 0 Å². The van der Waals surface area contributed by atoms with Gasteiger partial charge in [-0.25, -0.2) is 0 Å². The number of hydrogen-bond acceptors (Lipinski definition) is 2. The number of rotatable bonds is 2. The smallest absolute Gasteiger partial charge is 0.245 e. The molecule has 0 aromatic rings. The highest BCUT2D eigenvalue weighted by atomic mass is 16.2. The van der Waals surface area contributed by atoms with Crippen LogP contribution >= 0.6 is 0 Å². The first kappa shape index (κ1) is 12.7. The zero-order chi connectivity index (χ0) is 13.5. The van der Waals surface area contributed by atoms with E-state index in [1.807, 2.05) is 9.80 Å². The molecule has 19 heavy (non-hydrogen) atoms. The largest absolute Gasteiger partial charge is 0.342 e. The first-order valence-electron chi connectivity index (χ1n) is 7.36. The Morgan fingerprint density at radius 2 is 1.68 bits per heavy atom. The summed E-state index contributed by atoms with van der Waals surface area (Å²) in [5.74, 6) is 0.644. The topological polar surface area (TPSA) is 40.6 Å². The van der Waals surface area contributed by atoms with E-state index in [-0.39, 0.29) is 17.2 Å². The second kappa shape index (κ2) is 4.66. The fraction of sp³-hybridized carbons (Fsp3) is 0.733. The zero-order valence-electron chi connectivity index (χ0n) is 11.4. The van der Waals surface area contributed by atoms with Crippen molar-refractivity contribution >= 4 is 11.8 Å². The number of piperidine rings is 1. The van der Waals surface area contributed by atoms with Crippen LogP contribution in [0.5, 0.6) is 0 Å². The van der Waals surface area contributed by atoms with Crippen molar-refractivity contribution in [3.8, 4) is 0 Å². The number of carbonyl (C=O) groups is 2. The van der Waals surface area contributed by atoms with Gasteiger partial charge in [-0.3, -0.25) is 9.59 Å². The number of nitrogens with zero attached hydrogens (tertiary/aromatic N) is 2. The minimum absolute atomic E-state index is 0.0259. The Labute approximate surface area is 114 Å². The van der Waals surface area contributed by atoms with E-state index >= 15 is 0 Å². The van der Waals surface area contributed by atoms with E-state index in [2.05, 4.69) is 6.58 Å². The SMILES string of the molecule is C=CC(=O)N1CCC2(CC1)CC2C(=O)N1CCCC1. The second-order valence-corrected chi connectivity index (χ2v) is 6.18. The minimum atomic E-state index is 0.0259. The van der Waals surface area contributed by atoms with E-state index in [1.54, 1.807) is 0 Å². The summed E-state index contributed by atoms with van der Waals surface area (Å²) in [6, 6.07) is 0. The number of likely N-dealkylation sites (tertiary alicyclic amines) is 2. The molecule has 2 saturated heterocycles. The third kappa shape index (κ3) is 2.17. The summed E-state index contributed by atoms with van der Waals surface area (Å²) in [5, 5.41) is 0. The molecule has 4 heteroatoms. The lowest BCUT2D eigenvalue weighted by Crippen LogP contribution is -2.40. The lowest BCUT2D eigenvalue weighted by molar-refractivity contribution is -0.132. The van der Waals surface area contributed by atoms with E-state index < -0.39 is 0 Å². The molecule has 1 saturated carbocycles. The molecule has 1 unspecified atom stereocenters. The monoisotopic (exact) mass is 262 g/mol. The highest BCUT2D eigenvalue weighted by Gasteiger charge is 2.59. The predicted octanol–water partition coefficient (Wildman–Crippen LogP) is 1.42.